The quantitative estimate of drug-likeness (QED) is 0.788. The fourth-order valence-corrected chi connectivity index (χ4v) is 3.44. The van der Waals surface area contributed by atoms with E-state index in [2.05, 4.69) is 14.9 Å². The largest absolute Gasteiger partial charge is 0.383 e. The summed E-state index contributed by atoms with van der Waals surface area (Å²) in [7, 11) is 0. The Morgan fingerprint density at radius 2 is 1.83 bits per heavy atom. The van der Waals surface area contributed by atoms with Crippen molar-refractivity contribution in [3.8, 4) is 0 Å². The van der Waals surface area contributed by atoms with Crippen molar-refractivity contribution in [2.24, 2.45) is 11.8 Å². The summed E-state index contributed by atoms with van der Waals surface area (Å²) in [6, 6.07) is 1.83. The van der Waals surface area contributed by atoms with Gasteiger partial charge in [0, 0.05) is 19.2 Å². The molecule has 0 amide bonds. The number of hydrogen-bond donors (Lipinski definition) is 2. The molecule has 1 aliphatic carbocycles. The summed E-state index contributed by atoms with van der Waals surface area (Å²) < 4.78 is 0. The van der Waals surface area contributed by atoms with Gasteiger partial charge in [-0.05, 0) is 24.7 Å². The maximum Gasteiger partial charge on any atom is 0.223 e. The number of fused-ring (bicyclic) bond motifs is 1. The molecule has 5 nitrogen and oxygen atoms in total. The zero-order valence-electron chi connectivity index (χ0n) is 10.7. The fourth-order valence-electron chi connectivity index (χ4n) is 3.44. The molecule has 1 aromatic heterocycles. The summed E-state index contributed by atoms with van der Waals surface area (Å²) in [4.78, 5) is 10.6. The lowest BCUT2D eigenvalue weighted by atomic mass is 9.75. The molecule has 2 heterocycles. The van der Waals surface area contributed by atoms with Crippen LogP contribution < -0.4 is 16.4 Å². The van der Waals surface area contributed by atoms with Gasteiger partial charge in [-0.3, -0.25) is 0 Å². The van der Waals surface area contributed by atoms with E-state index in [9.17, 15) is 0 Å². The van der Waals surface area contributed by atoms with Gasteiger partial charge in [0.15, 0.2) is 0 Å². The zero-order valence-corrected chi connectivity index (χ0v) is 10.7. The number of piperidine rings is 1. The lowest BCUT2D eigenvalue weighted by Gasteiger charge is -2.41. The Kier molecular flexibility index (Phi) is 2.97. The molecule has 5 heteroatoms. The third-order valence-electron chi connectivity index (χ3n) is 4.36. The van der Waals surface area contributed by atoms with Gasteiger partial charge in [-0.1, -0.05) is 19.3 Å². The smallest absolute Gasteiger partial charge is 0.223 e. The molecule has 4 N–H and O–H groups in total. The van der Waals surface area contributed by atoms with Gasteiger partial charge in [0.2, 0.25) is 5.95 Å². The van der Waals surface area contributed by atoms with E-state index < -0.39 is 0 Å². The normalized spacial score (nSPS) is 27.9. The molecule has 2 unspecified atom stereocenters. The van der Waals surface area contributed by atoms with Gasteiger partial charge in [-0.2, -0.15) is 9.97 Å². The second kappa shape index (κ2) is 4.63. The van der Waals surface area contributed by atoms with Gasteiger partial charge >= 0.3 is 0 Å². The summed E-state index contributed by atoms with van der Waals surface area (Å²) in [6.45, 7) is 2.16. The topological polar surface area (TPSA) is 81.1 Å². The number of nitrogens with zero attached hydrogens (tertiary/aromatic N) is 3. The minimum atomic E-state index is 0.274. The van der Waals surface area contributed by atoms with Gasteiger partial charge in [0.05, 0.1) is 0 Å². The molecule has 3 rings (SSSR count). The maximum absolute atomic E-state index is 5.74. The molecule has 1 saturated heterocycles. The van der Waals surface area contributed by atoms with Crippen LogP contribution in [0.4, 0.5) is 17.6 Å². The SMILES string of the molecule is Nc1cc(N2CCC3CCCCC3C2)nc(N)n1. The highest BCUT2D eigenvalue weighted by Gasteiger charge is 2.31. The molecular formula is C13H21N5. The molecule has 0 aromatic carbocycles. The first-order valence-electron chi connectivity index (χ1n) is 6.87. The Labute approximate surface area is 108 Å². The van der Waals surface area contributed by atoms with Crippen LogP contribution in [0.15, 0.2) is 6.07 Å². The van der Waals surface area contributed by atoms with E-state index >= 15 is 0 Å². The minimum Gasteiger partial charge on any atom is -0.383 e. The van der Waals surface area contributed by atoms with E-state index in [1.165, 1.54) is 32.1 Å². The Balaban J connectivity index is 1.76. The predicted octanol–water partition coefficient (Wildman–Crippen LogP) is 1.66. The molecule has 2 fully saturated rings. The first-order chi connectivity index (χ1) is 8.72. The highest BCUT2D eigenvalue weighted by atomic mass is 15.2. The lowest BCUT2D eigenvalue weighted by molar-refractivity contribution is 0.202. The van der Waals surface area contributed by atoms with Crippen LogP contribution in [0.25, 0.3) is 0 Å². The summed E-state index contributed by atoms with van der Waals surface area (Å²) in [6.07, 6.45) is 6.83. The highest BCUT2D eigenvalue weighted by Crippen LogP contribution is 2.37. The standard InChI is InChI=1S/C13H21N5/c14-11-7-12(17-13(15)16-11)18-6-5-9-3-1-2-4-10(9)8-18/h7,9-10H,1-6,8H2,(H4,14,15,16,17). The van der Waals surface area contributed by atoms with E-state index in [-0.39, 0.29) is 5.95 Å². The fraction of sp³-hybridized carbons (Fsp3) is 0.692. The number of nitrogens with two attached hydrogens (primary N) is 2. The maximum atomic E-state index is 5.74. The second-order valence-corrected chi connectivity index (χ2v) is 5.55. The Morgan fingerprint density at radius 1 is 1.06 bits per heavy atom. The Hall–Kier alpha value is -1.52. The highest BCUT2D eigenvalue weighted by molar-refractivity contribution is 5.50. The second-order valence-electron chi connectivity index (χ2n) is 5.55. The molecule has 0 bridgehead atoms. The van der Waals surface area contributed by atoms with Crippen molar-refractivity contribution in [1.82, 2.24) is 9.97 Å². The molecule has 98 valence electrons. The van der Waals surface area contributed by atoms with E-state index in [4.69, 9.17) is 11.5 Å². The minimum absolute atomic E-state index is 0.274. The summed E-state index contributed by atoms with van der Waals surface area (Å²) >= 11 is 0. The average Bonchev–Trinajstić information content (AvgIpc) is 2.37. The molecule has 18 heavy (non-hydrogen) atoms. The number of nitrogen functional groups attached to an aromatic ring is 2. The van der Waals surface area contributed by atoms with E-state index in [1.807, 2.05) is 6.07 Å². The lowest BCUT2D eigenvalue weighted by Crippen LogP contribution is -2.42. The third-order valence-corrected chi connectivity index (χ3v) is 4.36. The van der Waals surface area contributed by atoms with Gasteiger partial charge in [0.25, 0.3) is 0 Å². The van der Waals surface area contributed by atoms with Crippen molar-refractivity contribution < 1.29 is 0 Å². The van der Waals surface area contributed by atoms with Gasteiger partial charge < -0.3 is 16.4 Å². The van der Waals surface area contributed by atoms with Crippen molar-refractivity contribution in [1.29, 1.82) is 0 Å². The zero-order chi connectivity index (χ0) is 12.5. The summed E-state index contributed by atoms with van der Waals surface area (Å²) in [5, 5.41) is 0. The summed E-state index contributed by atoms with van der Waals surface area (Å²) in [5.41, 5.74) is 11.4. The molecule has 2 aliphatic rings. The van der Waals surface area contributed by atoms with Crippen LogP contribution in [-0.4, -0.2) is 23.1 Å². The molecule has 1 aromatic rings. The van der Waals surface area contributed by atoms with E-state index in [0.717, 1.165) is 30.7 Å². The summed E-state index contributed by atoms with van der Waals surface area (Å²) in [5.74, 6) is 3.37. The number of rotatable bonds is 1. The molecule has 2 atom stereocenters. The Morgan fingerprint density at radius 3 is 2.61 bits per heavy atom. The third kappa shape index (κ3) is 2.21. The van der Waals surface area contributed by atoms with Crippen LogP contribution in [0.2, 0.25) is 0 Å². The van der Waals surface area contributed by atoms with Gasteiger partial charge in [-0.25, -0.2) is 0 Å². The first kappa shape index (κ1) is 11.6. The van der Waals surface area contributed by atoms with Crippen LogP contribution >= 0.6 is 0 Å². The molecule has 1 saturated carbocycles. The van der Waals surface area contributed by atoms with Crippen LogP contribution in [0, 0.1) is 11.8 Å². The van der Waals surface area contributed by atoms with Gasteiger partial charge in [-0.15, -0.1) is 0 Å². The number of anilines is 3. The number of aromatic nitrogens is 2. The van der Waals surface area contributed by atoms with E-state index in [1.54, 1.807) is 0 Å². The molecular weight excluding hydrogens is 226 g/mol. The van der Waals surface area contributed by atoms with Crippen molar-refractivity contribution in [3.05, 3.63) is 6.07 Å². The monoisotopic (exact) mass is 247 g/mol. The molecule has 0 spiro atoms. The van der Waals surface area contributed by atoms with Crippen molar-refractivity contribution in [2.45, 2.75) is 32.1 Å². The van der Waals surface area contributed by atoms with Crippen LogP contribution in [0.1, 0.15) is 32.1 Å². The van der Waals surface area contributed by atoms with Crippen LogP contribution in [0.3, 0.4) is 0 Å². The van der Waals surface area contributed by atoms with Gasteiger partial charge in [0.1, 0.15) is 11.6 Å². The van der Waals surface area contributed by atoms with Crippen LogP contribution in [-0.2, 0) is 0 Å². The van der Waals surface area contributed by atoms with Crippen molar-refractivity contribution in [3.63, 3.8) is 0 Å². The van der Waals surface area contributed by atoms with E-state index in [0.29, 0.717) is 5.82 Å². The molecule has 1 aliphatic heterocycles. The average molecular weight is 247 g/mol. The number of hydrogen-bond acceptors (Lipinski definition) is 5. The first-order valence-corrected chi connectivity index (χ1v) is 6.87. The van der Waals surface area contributed by atoms with Crippen LogP contribution in [0.5, 0.6) is 0 Å². The molecule has 0 radical (unpaired) electrons. The van der Waals surface area contributed by atoms with Crippen molar-refractivity contribution >= 4 is 17.6 Å². The Bertz CT molecular complexity index is 413. The van der Waals surface area contributed by atoms with Crippen molar-refractivity contribution in [2.75, 3.05) is 29.5 Å². The predicted molar refractivity (Wildman–Crippen MR) is 73.1 cm³/mol.